The largest absolute Gasteiger partial charge is 0.468 e. The van der Waals surface area contributed by atoms with Crippen molar-refractivity contribution >= 4 is 34.4 Å². The normalized spacial score (nSPS) is 10.9. The summed E-state index contributed by atoms with van der Waals surface area (Å²) < 4.78 is 4.80. The van der Waals surface area contributed by atoms with Crippen LogP contribution in [-0.4, -0.2) is 36.4 Å². The Morgan fingerprint density at radius 3 is 1.91 bits per heavy atom. The molecule has 0 bridgehead atoms. The first kappa shape index (κ1) is 30.2. The second-order valence-electron chi connectivity index (χ2n) is 9.18. The van der Waals surface area contributed by atoms with E-state index < -0.39 is 5.97 Å². The molecule has 0 saturated heterocycles. The fraction of sp³-hybridized carbons (Fsp3) is 0.679. The van der Waals surface area contributed by atoms with Gasteiger partial charge in [0.05, 0.1) is 18.6 Å². The highest BCUT2D eigenvalue weighted by molar-refractivity contribution is 8.14. The van der Waals surface area contributed by atoms with E-state index in [0.29, 0.717) is 6.42 Å². The Kier molecular flexibility index (Phi) is 15.6. The van der Waals surface area contributed by atoms with Crippen molar-refractivity contribution in [2.75, 3.05) is 24.3 Å². The van der Waals surface area contributed by atoms with E-state index in [9.17, 15) is 14.4 Å². The van der Waals surface area contributed by atoms with Crippen LogP contribution in [0.3, 0.4) is 0 Å². The van der Waals surface area contributed by atoms with Crippen LogP contribution in [0.4, 0.5) is 5.69 Å². The standard InChI is InChI=1S/C28H45NO4S/c1-6-7-8-9-10-11-12-13-14-15-16-17-27(32)34-21-25(30)29(20-26(31)33-5)28-23(3)19-18-22(2)24(28)4/h18-19H,6-17,20-21H2,1-5H3. The molecule has 34 heavy (non-hydrogen) atoms. The lowest BCUT2D eigenvalue weighted by molar-refractivity contribution is -0.139. The number of hydrogen-bond donors (Lipinski definition) is 0. The molecular weight excluding hydrogens is 446 g/mol. The number of anilines is 1. The summed E-state index contributed by atoms with van der Waals surface area (Å²) in [5, 5.41) is 0.0416. The van der Waals surface area contributed by atoms with Gasteiger partial charge in [-0.15, -0.1) is 0 Å². The molecule has 1 rings (SSSR count). The highest BCUT2D eigenvalue weighted by Crippen LogP contribution is 2.28. The average Bonchev–Trinajstić information content (AvgIpc) is 2.82. The van der Waals surface area contributed by atoms with Crippen LogP contribution in [0.15, 0.2) is 12.1 Å². The van der Waals surface area contributed by atoms with E-state index in [1.54, 1.807) is 0 Å². The van der Waals surface area contributed by atoms with E-state index in [2.05, 4.69) is 6.92 Å². The molecule has 0 fully saturated rings. The molecule has 0 N–H and O–H groups in total. The Balaban J connectivity index is 2.41. The van der Waals surface area contributed by atoms with Crippen LogP contribution in [0, 0.1) is 20.8 Å². The van der Waals surface area contributed by atoms with Gasteiger partial charge in [-0.1, -0.05) is 95.0 Å². The Morgan fingerprint density at radius 2 is 1.35 bits per heavy atom. The number of methoxy groups -OCH3 is 1. The van der Waals surface area contributed by atoms with Crippen molar-refractivity contribution in [3.05, 3.63) is 28.8 Å². The number of benzene rings is 1. The van der Waals surface area contributed by atoms with E-state index in [0.717, 1.165) is 47.0 Å². The molecule has 0 aliphatic carbocycles. The van der Waals surface area contributed by atoms with Crippen molar-refractivity contribution in [1.82, 2.24) is 0 Å². The van der Waals surface area contributed by atoms with Crippen LogP contribution in [0.2, 0.25) is 0 Å². The van der Waals surface area contributed by atoms with Crippen LogP contribution in [0.1, 0.15) is 101 Å². The zero-order valence-electron chi connectivity index (χ0n) is 22.0. The third-order valence-corrected chi connectivity index (χ3v) is 7.25. The number of hydrogen-bond acceptors (Lipinski definition) is 5. The lowest BCUT2D eigenvalue weighted by atomic mass is 10.0. The molecule has 0 unspecified atom stereocenters. The van der Waals surface area contributed by atoms with Crippen LogP contribution in [0.25, 0.3) is 0 Å². The number of amides is 1. The van der Waals surface area contributed by atoms with Gasteiger partial charge in [0, 0.05) is 6.42 Å². The number of carbonyl (C=O) groups is 3. The number of aryl methyl sites for hydroxylation is 2. The molecule has 0 atom stereocenters. The summed E-state index contributed by atoms with van der Waals surface area (Å²) in [5.74, 6) is -0.703. The lowest BCUT2D eigenvalue weighted by Gasteiger charge is -2.26. The van der Waals surface area contributed by atoms with Gasteiger partial charge >= 0.3 is 5.97 Å². The van der Waals surface area contributed by atoms with Crippen molar-refractivity contribution in [1.29, 1.82) is 0 Å². The molecule has 0 saturated carbocycles. The first-order chi connectivity index (χ1) is 16.3. The molecule has 0 heterocycles. The van der Waals surface area contributed by atoms with Crippen LogP contribution >= 0.6 is 11.8 Å². The molecule has 1 aromatic rings. The Bertz CT molecular complexity index is 778. The maximum atomic E-state index is 13.0. The summed E-state index contributed by atoms with van der Waals surface area (Å²) in [4.78, 5) is 38.8. The molecule has 0 aliphatic heterocycles. The van der Waals surface area contributed by atoms with Gasteiger partial charge in [-0.25, -0.2) is 0 Å². The Hall–Kier alpha value is -1.82. The van der Waals surface area contributed by atoms with E-state index in [1.165, 1.54) is 69.8 Å². The Morgan fingerprint density at radius 1 is 0.824 bits per heavy atom. The van der Waals surface area contributed by atoms with E-state index in [1.807, 2.05) is 32.9 Å². The molecule has 0 aromatic heterocycles. The lowest BCUT2D eigenvalue weighted by Crippen LogP contribution is -2.38. The van der Waals surface area contributed by atoms with Gasteiger partial charge in [0.15, 0.2) is 5.12 Å². The quantitative estimate of drug-likeness (QED) is 0.172. The third-order valence-electron chi connectivity index (χ3n) is 6.33. The van der Waals surface area contributed by atoms with Crippen LogP contribution < -0.4 is 4.90 Å². The molecule has 5 nitrogen and oxygen atoms in total. The van der Waals surface area contributed by atoms with Gasteiger partial charge in [-0.2, -0.15) is 0 Å². The zero-order chi connectivity index (χ0) is 25.3. The number of unbranched alkanes of at least 4 members (excludes halogenated alkanes) is 10. The van der Waals surface area contributed by atoms with Crippen molar-refractivity contribution in [3.63, 3.8) is 0 Å². The minimum atomic E-state index is -0.481. The molecule has 0 spiro atoms. The zero-order valence-corrected chi connectivity index (χ0v) is 22.9. The molecule has 192 valence electrons. The van der Waals surface area contributed by atoms with E-state index in [-0.39, 0.29) is 23.3 Å². The number of nitrogens with zero attached hydrogens (tertiary/aromatic N) is 1. The molecule has 6 heteroatoms. The number of ether oxygens (including phenoxy) is 1. The SMILES string of the molecule is CCCCCCCCCCCCCC(=O)SCC(=O)N(CC(=O)OC)c1c(C)ccc(C)c1C. The highest BCUT2D eigenvalue weighted by Gasteiger charge is 2.24. The van der Waals surface area contributed by atoms with Gasteiger partial charge in [0.2, 0.25) is 5.91 Å². The fourth-order valence-electron chi connectivity index (χ4n) is 4.06. The molecule has 0 aliphatic rings. The maximum Gasteiger partial charge on any atom is 0.325 e. The summed E-state index contributed by atoms with van der Waals surface area (Å²) in [6, 6.07) is 3.95. The minimum Gasteiger partial charge on any atom is -0.468 e. The number of carbonyl (C=O) groups excluding carboxylic acids is 3. The average molecular weight is 492 g/mol. The number of rotatable bonds is 17. The summed E-state index contributed by atoms with van der Waals surface area (Å²) in [5.41, 5.74) is 3.64. The molecular formula is C28H45NO4S. The van der Waals surface area contributed by atoms with Gasteiger partial charge in [0.1, 0.15) is 6.54 Å². The minimum absolute atomic E-state index is 0.0285. The monoisotopic (exact) mass is 491 g/mol. The van der Waals surface area contributed by atoms with Crippen molar-refractivity contribution in [2.45, 2.75) is 105 Å². The second-order valence-corrected chi connectivity index (χ2v) is 10.2. The predicted octanol–water partition coefficient (Wildman–Crippen LogP) is 7.08. The molecule has 1 aromatic carbocycles. The fourth-order valence-corrected chi connectivity index (χ4v) is 4.79. The predicted molar refractivity (Wildman–Crippen MR) is 144 cm³/mol. The smallest absolute Gasteiger partial charge is 0.325 e. The molecule has 0 radical (unpaired) electrons. The van der Waals surface area contributed by atoms with E-state index >= 15 is 0 Å². The second kappa shape index (κ2) is 17.6. The first-order valence-corrected chi connectivity index (χ1v) is 13.9. The van der Waals surface area contributed by atoms with Gasteiger partial charge < -0.3 is 4.74 Å². The van der Waals surface area contributed by atoms with Crippen molar-refractivity contribution in [3.8, 4) is 0 Å². The number of thioether (sulfide) groups is 1. The van der Waals surface area contributed by atoms with Gasteiger partial charge in [-0.3, -0.25) is 19.3 Å². The Labute approximate surface area is 211 Å². The first-order valence-electron chi connectivity index (χ1n) is 12.9. The van der Waals surface area contributed by atoms with E-state index in [4.69, 9.17) is 4.74 Å². The highest BCUT2D eigenvalue weighted by atomic mass is 32.2. The van der Waals surface area contributed by atoms with Gasteiger partial charge in [-0.05, 0) is 43.9 Å². The topological polar surface area (TPSA) is 63.7 Å². The maximum absolute atomic E-state index is 13.0. The number of esters is 1. The van der Waals surface area contributed by atoms with Crippen LogP contribution in [0.5, 0.6) is 0 Å². The summed E-state index contributed by atoms with van der Waals surface area (Å²) in [6.07, 6.45) is 14.2. The van der Waals surface area contributed by atoms with Crippen molar-refractivity contribution < 1.29 is 19.1 Å². The molecule has 1 amide bonds. The van der Waals surface area contributed by atoms with Gasteiger partial charge in [0.25, 0.3) is 0 Å². The summed E-state index contributed by atoms with van der Waals surface area (Å²) >= 11 is 1.06. The van der Waals surface area contributed by atoms with Crippen LogP contribution in [-0.2, 0) is 19.1 Å². The summed E-state index contributed by atoms with van der Waals surface area (Å²) in [6.45, 7) is 7.93. The summed E-state index contributed by atoms with van der Waals surface area (Å²) in [7, 11) is 1.31. The van der Waals surface area contributed by atoms with Crippen molar-refractivity contribution in [2.24, 2.45) is 0 Å². The third kappa shape index (κ3) is 11.5.